The van der Waals surface area contributed by atoms with Crippen molar-refractivity contribution < 1.29 is 41.2 Å². The van der Waals surface area contributed by atoms with E-state index >= 15 is 0 Å². The number of benzene rings is 1. The van der Waals surface area contributed by atoms with Crippen molar-refractivity contribution in [1.82, 2.24) is 0 Å². The van der Waals surface area contributed by atoms with Crippen LogP contribution in [-0.2, 0) is 25.4 Å². The van der Waals surface area contributed by atoms with E-state index in [9.17, 15) is 17.6 Å². The van der Waals surface area contributed by atoms with Gasteiger partial charge >= 0.3 is 6.61 Å². The molecule has 0 aliphatic carbocycles. The molecule has 0 unspecified atom stereocenters. The normalized spacial score (nSPS) is 26.4. The first-order chi connectivity index (χ1) is 15.4. The molecule has 3 rings (SSSR count). The molecule has 0 amide bonds. The predicted molar refractivity (Wildman–Crippen MR) is 108 cm³/mol. The Labute approximate surface area is 186 Å². The largest absolute Gasteiger partial charge is 0.429 e. The van der Waals surface area contributed by atoms with Crippen LogP contribution in [0.4, 0.5) is 17.6 Å². The van der Waals surface area contributed by atoms with E-state index in [0.29, 0.717) is 31.1 Å². The molecule has 0 bridgehead atoms. The van der Waals surface area contributed by atoms with Gasteiger partial charge in [-0.15, -0.1) is 0 Å². The van der Waals surface area contributed by atoms with E-state index in [1.165, 1.54) is 12.8 Å². The van der Waals surface area contributed by atoms with Gasteiger partial charge in [0.1, 0.15) is 0 Å². The molecule has 0 saturated carbocycles. The minimum Gasteiger partial charge on any atom is -0.429 e. The van der Waals surface area contributed by atoms with Crippen LogP contribution in [0.1, 0.15) is 51.0 Å². The fourth-order valence-electron chi connectivity index (χ4n) is 3.94. The Hall–Kier alpha value is -1.42. The quantitative estimate of drug-likeness (QED) is 0.408. The number of aryl methyl sites for hydroxylation is 1. The van der Waals surface area contributed by atoms with Gasteiger partial charge < -0.3 is 23.7 Å². The van der Waals surface area contributed by atoms with Gasteiger partial charge in [0.25, 0.3) is 0 Å². The van der Waals surface area contributed by atoms with Crippen LogP contribution in [0.25, 0.3) is 0 Å². The van der Waals surface area contributed by atoms with E-state index in [1.54, 1.807) is 0 Å². The van der Waals surface area contributed by atoms with E-state index in [1.807, 2.05) is 0 Å². The molecule has 0 N–H and O–H groups in total. The summed E-state index contributed by atoms with van der Waals surface area (Å²) in [5.41, 5.74) is 0.319. The van der Waals surface area contributed by atoms with Crippen molar-refractivity contribution in [1.29, 1.82) is 0 Å². The molecule has 0 aromatic heterocycles. The zero-order valence-electron chi connectivity index (χ0n) is 18.4. The zero-order chi connectivity index (χ0) is 22.9. The fraction of sp³-hybridized carbons (Fsp3) is 0.739. The fourth-order valence-corrected chi connectivity index (χ4v) is 3.94. The molecule has 2 fully saturated rings. The summed E-state index contributed by atoms with van der Waals surface area (Å²) >= 11 is 0. The Kier molecular flexibility index (Phi) is 10.0. The molecule has 182 valence electrons. The number of unbranched alkanes of at least 4 members (excludes halogenated alkanes) is 1. The topological polar surface area (TPSA) is 46.2 Å². The Bertz CT molecular complexity index is 666. The van der Waals surface area contributed by atoms with Crippen LogP contribution >= 0.6 is 0 Å². The summed E-state index contributed by atoms with van der Waals surface area (Å²) in [4.78, 5) is 0. The highest BCUT2D eigenvalue weighted by Crippen LogP contribution is 2.27. The van der Waals surface area contributed by atoms with Crippen LogP contribution in [0.15, 0.2) is 12.1 Å². The summed E-state index contributed by atoms with van der Waals surface area (Å²) in [6.07, 6.45) is 5.19. The van der Waals surface area contributed by atoms with Crippen molar-refractivity contribution in [2.24, 2.45) is 11.8 Å². The summed E-state index contributed by atoms with van der Waals surface area (Å²) in [7, 11) is 0. The molecule has 1 aromatic rings. The molecule has 2 aliphatic heterocycles. The lowest BCUT2D eigenvalue weighted by Gasteiger charge is -2.32. The number of halogens is 4. The lowest BCUT2D eigenvalue weighted by molar-refractivity contribution is -0.219. The summed E-state index contributed by atoms with van der Waals surface area (Å²) < 4.78 is 79.1. The van der Waals surface area contributed by atoms with E-state index in [4.69, 9.17) is 18.9 Å². The van der Waals surface area contributed by atoms with Crippen molar-refractivity contribution in [3.8, 4) is 5.75 Å². The summed E-state index contributed by atoms with van der Waals surface area (Å²) in [5.74, 6) is -2.66. The van der Waals surface area contributed by atoms with Crippen molar-refractivity contribution in [2.75, 3.05) is 26.4 Å². The van der Waals surface area contributed by atoms with Crippen LogP contribution in [0.2, 0.25) is 0 Å². The van der Waals surface area contributed by atoms with Crippen LogP contribution in [0.3, 0.4) is 0 Å². The average Bonchev–Trinajstić information content (AvgIpc) is 2.78. The van der Waals surface area contributed by atoms with Crippen molar-refractivity contribution in [3.63, 3.8) is 0 Å². The van der Waals surface area contributed by atoms with Crippen LogP contribution in [-0.4, -0.2) is 45.6 Å². The van der Waals surface area contributed by atoms with Crippen LogP contribution in [0.5, 0.6) is 5.75 Å². The summed E-state index contributed by atoms with van der Waals surface area (Å²) in [6.45, 7) is 1.45. The molecule has 1 aromatic carbocycles. The van der Waals surface area contributed by atoms with Gasteiger partial charge in [0.15, 0.2) is 30.0 Å². The van der Waals surface area contributed by atoms with Crippen molar-refractivity contribution in [2.45, 2.75) is 71.1 Å². The van der Waals surface area contributed by atoms with Gasteiger partial charge in [-0.25, -0.2) is 8.78 Å². The summed E-state index contributed by atoms with van der Waals surface area (Å²) in [5, 5.41) is 0. The number of ether oxygens (including phenoxy) is 5. The number of hydrogen-bond acceptors (Lipinski definition) is 5. The van der Waals surface area contributed by atoms with Crippen LogP contribution < -0.4 is 4.74 Å². The minimum absolute atomic E-state index is 0.174. The second kappa shape index (κ2) is 12.7. The predicted octanol–water partition coefficient (Wildman–Crippen LogP) is 5.45. The summed E-state index contributed by atoms with van der Waals surface area (Å²) in [6, 6.07) is 1.98. The SMILES string of the molecule is CCCCC1COC(CCC2COC(CCc3cc(F)c(OC(F)F)c(F)c3)OC2)OC1. The first kappa shape index (κ1) is 25.2. The maximum atomic E-state index is 13.8. The Balaban J connectivity index is 1.32. The average molecular weight is 464 g/mol. The second-order valence-electron chi connectivity index (χ2n) is 8.45. The van der Waals surface area contributed by atoms with Gasteiger partial charge in [-0.3, -0.25) is 0 Å². The first-order valence-electron chi connectivity index (χ1n) is 11.3. The molecule has 5 nitrogen and oxygen atoms in total. The lowest BCUT2D eigenvalue weighted by atomic mass is 10.0. The molecule has 0 spiro atoms. The van der Waals surface area contributed by atoms with E-state index < -0.39 is 30.3 Å². The molecule has 2 saturated heterocycles. The molecule has 2 heterocycles. The smallest absolute Gasteiger partial charge is 0.387 e. The third kappa shape index (κ3) is 7.86. The Morgan fingerprint density at radius 2 is 1.38 bits per heavy atom. The monoisotopic (exact) mass is 464 g/mol. The van der Waals surface area contributed by atoms with E-state index in [0.717, 1.165) is 44.6 Å². The maximum Gasteiger partial charge on any atom is 0.387 e. The van der Waals surface area contributed by atoms with Gasteiger partial charge in [-0.2, -0.15) is 8.78 Å². The van der Waals surface area contributed by atoms with E-state index in [-0.39, 0.29) is 18.6 Å². The molecular formula is C23H32F4O5. The van der Waals surface area contributed by atoms with Gasteiger partial charge in [0.05, 0.1) is 26.4 Å². The lowest BCUT2D eigenvalue weighted by Crippen LogP contribution is -2.35. The molecule has 2 aliphatic rings. The third-order valence-electron chi connectivity index (χ3n) is 5.78. The number of hydrogen-bond donors (Lipinski definition) is 0. The van der Waals surface area contributed by atoms with Gasteiger partial charge in [0.2, 0.25) is 0 Å². The molecule has 32 heavy (non-hydrogen) atoms. The highest BCUT2D eigenvalue weighted by molar-refractivity contribution is 5.31. The molecular weight excluding hydrogens is 432 g/mol. The van der Waals surface area contributed by atoms with Gasteiger partial charge in [-0.05, 0) is 43.4 Å². The maximum absolute atomic E-state index is 13.8. The van der Waals surface area contributed by atoms with Crippen LogP contribution in [0, 0.1) is 23.5 Å². The van der Waals surface area contributed by atoms with E-state index in [2.05, 4.69) is 11.7 Å². The van der Waals surface area contributed by atoms with Crippen molar-refractivity contribution >= 4 is 0 Å². The molecule has 9 heteroatoms. The zero-order valence-corrected chi connectivity index (χ0v) is 18.4. The Morgan fingerprint density at radius 1 is 0.844 bits per heavy atom. The Morgan fingerprint density at radius 3 is 1.91 bits per heavy atom. The number of alkyl halides is 2. The third-order valence-corrected chi connectivity index (χ3v) is 5.78. The minimum atomic E-state index is -3.29. The highest BCUT2D eigenvalue weighted by atomic mass is 19.3. The molecule has 0 atom stereocenters. The van der Waals surface area contributed by atoms with Gasteiger partial charge in [-0.1, -0.05) is 19.8 Å². The van der Waals surface area contributed by atoms with Crippen molar-refractivity contribution in [3.05, 3.63) is 29.3 Å². The highest BCUT2D eigenvalue weighted by Gasteiger charge is 2.26. The van der Waals surface area contributed by atoms with Gasteiger partial charge in [0, 0.05) is 18.3 Å². The first-order valence-corrected chi connectivity index (χ1v) is 11.3. The molecule has 0 radical (unpaired) electrons. The standard InChI is InChI=1S/C23H32F4O5/c1-2-3-4-16-11-28-21(29-12-16)8-6-17-13-30-20(31-14-17)7-5-15-9-18(24)22(19(25)10-15)32-23(26)27/h9-10,16-17,20-21,23H,2-8,11-14H2,1H3. The second-order valence-corrected chi connectivity index (χ2v) is 8.45. The number of rotatable bonds is 11.